The summed E-state index contributed by atoms with van der Waals surface area (Å²) in [7, 11) is 0. The van der Waals surface area contributed by atoms with Crippen LogP contribution in [0.5, 0.6) is 0 Å². The van der Waals surface area contributed by atoms with Gasteiger partial charge in [0.1, 0.15) is 0 Å². The number of nitrogens with zero attached hydrogens (tertiary/aromatic N) is 1. The quantitative estimate of drug-likeness (QED) is 0.192. The predicted molar refractivity (Wildman–Crippen MR) is 182 cm³/mol. The first-order chi connectivity index (χ1) is 20.9. The topological polar surface area (TPSA) is 4.93 Å². The van der Waals surface area contributed by atoms with Crippen molar-refractivity contribution in [3.63, 3.8) is 0 Å². The van der Waals surface area contributed by atoms with Crippen LogP contribution in [0.2, 0.25) is 0 Å². The van der Waals surface area contributed by atoms with Crippen LogP contribution in [0.4, 0.5) is 0 Å². The molecule has 42 heavy (non-hydrogen) atoms. The highest BCUT2D eigenvalue weighted by Gasteiger charge is 2.22. The van der Waals surface area contributed by atoms with Crippen molar-refractivity contribution in [3.8, 4) is 27.9 Å². The number of hydrogen-bond acceptors (Lipinski definition) is 1. The Morgan fingerprint density at radius 2 is 0.905 bits per heavy atom. The molecule has 196 valence electrons. The highest BCUT2D eigenvalue weighted by atomic mass is 32.1. The van der Waals surface area contributed by atoms with E-state index in [1.165, 1.54) is 80.7 Å². The van der Waals surface area contributed by atoms with Crippen LogP contribution >= 0.6 is 11.3 Å². The van der Waals surface area contributed by atoms with E-state index in [4.69, 9.17) is 0 Å². The number of rotatable bonds is 3. The molecule has 2 heterocycles. The predicted octanol–water partition coefficient (Wildman–Crippen LogP) is 11.6. The highest BCUT2D eigenvalue weighted by molar-refractivity contribution is 7.27. The summed E-state index contributed by atoms with van der Waals surface area (Å²) in [5.41, 5.74) is 8.89. The second kappa shape index (κ2) is 9.17. The van der Waals surface area contributed by atoms with Gasteiger partial charge in [0.15, 0.2) is 0 Å². The Hall–Kier alpha value is -5.18. The van der Waals surface area contributed by atoms with Gasteiger partial charge in [0.2, 0.25) is 0 Å². The van der Waals surface area contributed by atoms with Crippen LogP contribution in [-0.4, -0.2) is 4.57 Å². The Balaban J connectivity index is 1.44. The van der Waals surface area contributed by atoms with Crippen LogP contribution in [0.3, 0.4) is 0 Å². The number of thiophene rings is 1. The summed E-state index contributed by atoms with van der Waals surface area (Å²) in [6.07, 6.45) is 0. The van der Waals surface area contributed by atoms with Crippen molar-refractivity contribution in [1.29, 1.82) is 0 Å². The molecule has 0 amide bonds. The molecule has 0 unspecified atom stereocenters. The van der Waals surface area contributed by atoms with Crippen LogP contribution in [-0.2, 0) is 0 Å². The van der Waals surface area contributed by atoms with Gasteiger partial charge >= 0.3 is 0 Å². The van der Waals surface area contributed by atoms with Crippen LogP contribution in [0.25, 0.3) is 80.7 Å². The molecule has 0 bridgehead atoms. The van der Waals surface area contributed by atoms with Gasteiger partial charge in [-0.1, -0.05) is 133 Å². The molecule has 0 aliphatic heterocycles. The third kappa shape index (κ3) is 3.30. The van der Waals surface area contributed by atoms with Crippen LogP contribution < -0.4 is 0 Å². The highest BCUT2D eigenvalue weighted by Crippen LogP contribution is 2.49. The normalized spacial score (nSPS) is 11.8. The van der Waals surface area contributed by atoms with Gasteiger partial charge in [0, 0.05) is 26.7 Å². The molecule has 9 aromatic rings. The number of aromatic nitrogens is 1. The van der Waals surface area contributed by atoms with E-state index in [-0.39, 0.29) is 0 Å². The number of para-hydroxylation sites is 2. The van der Waals surface area contributed by atoms with Gasteiger partial charge in [-0.2, -0.15) is 0 Å². The summed E-state index contributed by atoms with van der Waals surface area (Å²) in [6, 6.07) is 55.1. The number of fused-ring (bicyclic) bond motifs is 7. The maximum atomic E-state index is 2.45. The van der Waals surface area contributed by atoms with E-state index < -0.39 is 0 Å². The number of benzene rings is 7. The smallest absolute Gasteiger partial charge is 0.0727 e. The lowest BCUT2D eigenvalue weighted by Gasteiger charge is -2.18. The lowest BCUT2D eigenvalue weighted by atomic mass is 9.86. The second-order valence-corrected chi connectivity index (χ2v) is 11.9. The third-order valence-electron chi connectivity index (χ3n) is 8.58. The second-order valence-electron chi connectivity index (χ2n) is 10.9. The fourth-order valence-electron chi connectivity index (χ4n) is 6.87. The molecule has 1 nitrogen and oxygen atoms in total. The molecule has 7 aromatic carbocycles. The van der Waals surface area contributed by atoms with E-state index >= 15 is 0 Å². The van der Waals surface area contributed by atoms with Gasteiger partial charge in [0.25, 0.3) is 0 Å². The largest absolute Gasteiger partial charge is 0.308 e. The SMILES string of the molecule is c1ccc(-c2c3ccccc3c(-c3cccc4c3sc3c5ccccc5n(-c5ccccc5)c43)c3ccccc23)cc1. The van der Waals surface area contributed by atoms with Crippen LogP contribution in [0, 0.1) is 0 Å². The molecule has 2 heteroatoms. The molecule has 0 N–H and O–H groups in total. The average Bonchev–Trinajstić information content (AvgIpc) is 3.59. The Bertz CT molecular complexity index is 2390. The Morgan fingerprint density at radius 3 is 1.57 bits per heavy atom. The van der Waals surface area contributed by atoms with Crippen molar-refractivity contribution in [1.82, 2.24) is 4.57 Å². The molecular weight excluding hydrogens is 527 g/mol. The van der Waals surface area contributed by atoms with E-state index in [1.807, 2.05) is 11.3 Å². The van der Waals surface area contributed by atoms with E-state index in [2.05, 4.69) is 156 Å². The van der Waals surface area contributed by atoms with Crippen molar-refractivity contribution in [2.45, 2.75) is 0 Å². The summed E-state index contributed by atoms with van der Waals surface area (Å²) < 4.78 is 5.12. The zero-order valence-corrected chi connectivity index (χ0v) is 23.6. The fourth-order valence-corrected chi connectivity index (χ4v) is 8.21. The first-order valence-electron chi connectivity index (χ1n) is 14.4. The van der Waals surface area contributed by atoms with Gasteiger partial charge in [-0.25, -0.2) is 0 Å². The van der Waals surface area contributed by atoms with Gasteiger partial charge in [-0.05, 0) is 56.4 Å². The summed E-state index contributed by atoms with van der Waals surface area (Å²) in [4.78, 5) is 0. The van der Waals surface area contributed by atoms with E-state index in [1.54, 1.807) is 0 Å². The van der Waals surface area contributed by atoms with Crippen LogP contribution in [0.15, 0.2) is 152 Å². The maximum absolute atomic E-state index is 2.45. The zero-order valence-electron chi connectivity index (χ0n) is 22.8. The van der Waals surface area contributed by atoms with E-state index in [0.717, 1.165) is 0 Å². The van der Waals surface area contributed by atoms with Crippen molar-refractivity contribution >= 4 is 64.1 Å². The third-order valence-corrected chi connectivity index (χ3v) is 9.84. The summed E-state index contributed by atoms with van der Waals surface area (Å²) in [6.45, 7) is 0. The summed E-state index contributed by atoms with van der Waals surface area (Å²) in [5, 5.41) is 7.75. The standard InChI is InChI=1S/C40H25NS/c1-3-14-26(15-4-1)36-28-18-7-9-20-30(28)37(31-21-10-8-19-29(31)36)33-23-13-24-34-38-40(42-39(33)34)32-22-11-12-25-35(32)41(38)27-16-5-2-6-17-27/h1-25H. The zero-order chi connectivity index (χ0) is 27.6. The molecule has 0 saturated carbocycles. The molecule has 0 fully saturated rings. The lowest BCUT2D eigenvalue weighted by molar-refractivity contribution is 1.19. The van der Waals surface area contributed by atoms with Gasteiger partial charge in [-0.15, -0.1) is 11.3 Å². The summed E-state index contributed by atoms with van der Waals surface area (Å²) >= 11 is 1.92. The molecule has 0 radical (unpaired) electrons. The molecule has 0 saturated heterocycles. The van der Waals surface area contributed by atoms with Crippen molar-refractivity contribution in [2.24, 2.45) is 0 Å². The molecule has 9 rings (SSSR count). The van der Waals surface area contributed by atoms with E-state index in [0.29, 0.717) is 0 Å². The first-order valence-corrected chi connectivity index (χ1v) is 15.2. The number of hydrogen-bond donors (Lipinski definition) is 0. The first kappa shape index (κ1) is 23.5. The maximum Gasteiger partial charge on any atom is 0.0727 e. The summed E-state index contributed by atoms with van der Waals surface area (Å²) in [5.74, 6) is 0. The molecule has 0 spiro atoms. The minimum Gasteiger partial charge on any atom is -0.308 e. The average molecular weight is 552 g/mol. The van der Waals surface area contributed by atoms with Gasteiger partial charge in [0.05, 0.1) is 15.7 Å². The minimum atomic E-state index is 1.19. The lowest BCUT2D eigenvalue weighted by Crippen LogP contribution is -1.93. The molecule has 0 aliphatic rings. The van der Waals surface area contributed by atoms with E-state index in [9.17, 15) is 0 Å². The Labute approximate surface area is 247 Å². The van der Waals surface area contributed by atoms with Gasteiger partial charge < -0.3 is 4.57 Å². The Morgan fingerprint density at radius 1 is 0.381 bits per heavy atom. The van der Waals surface area contributed by atoms with Gasteiger partial charge in [-0.3, -0.25) is 0 Å². The molecule has 2 aromatic heterocycles. The van der Waals surface area contributed by atoms with Crippen molar-refractivity contribution < 1.29 is 0 Å². The monoisotopic (exact) mass is 551 g/mol. The van der Waals surface area contributed by atoms with Crippen molar-refractivity contribution in [2.75, 3.05) is 0 Å². The van der Waals surface area contributed by atoms with Crippen molar-refractivity contribution in [3.05, 3.63) is 152 Å². The minimum absolute atomic E-state index is 1.19. The Kier molecular flexibility index (Phi) is 5.13. The molecule has 0 atom stereocenters. The molecule has 0 aliphatic carbocycles. The molecular formula is C40H25NS. The fraction of sp³-hybridized carbons (Fsp3) is 0. The van der Waals surface area contributed by atoms with Crippen LogP contribution in [0.1, 0.15) is 0 Å².